The van der Waals surface area contributed by atoms with Gasteiger partial charge in [0, 0.05) is 11.3 Å². The highest BCUT2D eigenvalue weighted by Gasteiger charge is 2.64. The van der Waals surface area contributed by atoms with Gasteiger partial charge in [0.15, 0.2) is 11.6 Å². The van der Waals surface area contributed by atoms with Crippen LogP contribution in [0, 0.1) is 34.5 Å². The highest BCUT2D eigenvalue weighted by molar-refractivity contribution is 6.01. The molecule has 5 nitrogen and oxygen atoms in total. The number of hydrogen-bond acceptors (Lipinski definition) is 5. The van der Waals surface area contributed by atoms with Crippen LogP contribution in [-0.4, -0.2) is 45.7 Å². The fraction of sp³-hybridized carbons (Fsp3) is 0.714. The molecule has 3 saturated carbocycles. The van der Waals surface area contributed by atoms with E-state index in [1.807, 2.05) is 13.0 Å². The number of aliphatic hydroxyl groups excluding tert-OH is 3. The summed E-state index contributed by atoms with van der Waals surface area (Å²) < 4.78 is 0. The minimum absolute atomic E-state index is 0.0101. The number of carbonyl (C=O) groups excluding carboxylic acids is 2. The molecule has 0 aromatic carbocycles. The monoisotopic (exact) mass is 360 g/mol. The number of rotatable bonds is 2. The fourth-order valence-corrected chi connectivity index (χ4v) is 7.02. The van der Waals surface area contributed by atoms with Crippen molar-refractivity contribution in [2.24, 2.45) is 34.5 Å². The Morgan fingerprint density at radius 2 is 2.00 bits per heavy atom. The normalized spacial score (nSPS) is 49.9. The van der Waals surface area contributed by atoms with Crippen LogP contribution in [0.4, 0.5) is 0 Å². The second kappa shape index (κ2) is 5.85. The first kappa shape index (κ1) is 18.1. The van der Waals surface area contributed by atoms with Gasteiger partial charge in [-0.05, 0) is 55.1 Å². The lowest BCUT2D eigenvalue weighted by Gasteiger charge is -2.58. The second-order valence-electron chi connectivity index (χ2n) is 9.21. The van der Waals surface area contributed by atoms with Crippen LogP contribution in [0.3, 0.4) is 0 Å². The summed E-state index contributed by atoms with van der Waals surface area (Å²) in [6.45, 7) is 3.54. The molecule has 0 aliphatic heterocycles. The molecule has 8 atom stereocenters. The van der Waals surface area contributed by atoms with E-state index in [0.717, 1.165) is 18.4 Å². The quantitative estimate of drug-likeness (QED) is 0.692. The first-order chi connectivity index (χ1) is 12.2. The number of fused-ring (bicyclic) bond motifs is 5. The molecule has 0 heterocycles. The molecule has 142 valence electrons. The van der Waals surface area contributed by atoms with Gasteiger partial charge in [-0.1, -0.05) is 25.5 Å². The molecule has 4 aliphatic rings. The van der Waals surface area contributed by atoms with E-state index in [0.29, 0.717) is 12.8 Å². The average Bonchev–Trinajstić information content (AvgIpc) is 2.84. The highest BCUT2D eigenvalue weighted by Crippen LogP contribution is 2.66. The lowest BCUT2D eigenvalue weighted by atomic mass is 9.46. The Balaban J connectivity index is 1.74. The first-order valence-corrected chi connectivity index (χ1v) is 9.66. The van der Waals surface area contributed by atoms with E-state index in [9.17, 15) is 24.9 Å². The zero-order valence-electron chi connectivity index (χ0n) is 15.4. The molecule has 4 rings (SSSR count). The molecule has 3 fully saturated rings. The van der Waals surface area contributed by atoms with Crippen LogP contribution in [-0.2, 0) is 9.59 Å². The molecule has 0 amide bonds. The lowest BCUT2D eigenvalue weighted by Crippen LogP contribution is -2.56. The molecule has 0 saturated heterocycles. The molecule has 0 spiro atoms. The number of hydrogen-bond donors (Lipinski definition) is 3. The van der Waals surface area contributed by atoms with Gasteiger partial charge in [0.2, 0.25) is 0 Å². The van der Waals surface area contributed by atoms with Crippen molar-refractivity contribution in [1.29, 1.82) is 0 Å². The lowest BCUT2D eigenvalue weighted by molar-refractivity contribution is -0.144. The number of carbonyl (C=O) groups is 2. The van der Waals surface area contributed by atoms with Crippen molar-refractivity contribution in [3.8, 4) is 0 Å². The largest absolute Gasteiger partial charge is 0.393 e. The van der Waals surface area contributed by atoms with Crippen LogP contribution >= 0.6 is 0 Å². The Hall–Kier alpha value is -1.30. The molecule has 0 aromatic heterocycles. The third-order valence-electron chi connectivity index (χ3n) is 8.02. The number of Topliss-reactive ketones (excluding diaryl/α,β-unsaturated/α-hetero) is 1. The minimum atomic E-state index is -0.760. The van der Waals surface area contributed by atoms with Crippen LogP contribution < -0.4 is 0 Å². The van der Waals surface area contributed by atoms with Crippen molar-refractivity contribution in [2.45, 2.75) is 51.7 Å². The van der Waals surface area contributed by atoms with Crippen molar-refractivity contribution in [3.05, 3.63) is 23.8 Å². The number of allylic oxidation sites excluding steroid dienone is 4. The van der Waals surface area contributed by atoms with Crippen molar-refractivity contribution in [3.63, 3.8) is 0 Å². The first-order valence-electron chi connectivity index (χ1n) is 9.66. The van der Waals surface area contributed by atoms with Crippen molar-refractivity contribution in [1.82, 2.24) is 0 Å². The molecular formula is C21H28O5. The maximum atomic E-state index is 12.3. The van der Waals surface area contributed by atoms with Gasteiger partial charge >= 0.3 is 0 Å². The zero-order valence-corrected chi connectivity index (χ0v) is 15.4. The van der Waals surface area contributed by atoms with Crippen LogP contribution in [0.2, 0.25) is 0 Å². The molecule has 4 aliphatic carbocycles. The van der Waals surface area contributed by atoms with Crippen molar-refractivity contribution in [2.75, 3.05) is 6.61 Å². The third-order valence-corrected chi connectivity index (χ3v) is 8.02. The van der Waals surface area contributed by atoms with Crippen LogP contribution in [0.25, 0.3) is 0 Å². The Morgan fingerprint density at radius 1 is 1.27 bits per heavy atom. The summed E-state index contributed by atoms with van der Waals surface area (Å²) in [5, 5.41) is 31.1. The summed E-state index contributed by atoms with van der Waals surface area (Å²) in [5.74, 6) is -0.609. The smallest absolute Gasteiger partial charge is 0.178 e. The number of aliphatic hydroxyl groups is 3. The van der Waals surface area contributed by atoms with Crippen molar-refractivity contribution < 1.29 is 24.9 Å². The van der Waals surface area contributed by atoms with Crippen molar-refractivity contribution >= 4 is 11.6 Å². The molecule has 5 heteroatoms. The van der Waals surface area contributed by atoms with Gasteiger partial charge in [0.1, 0.15) is 6.61 Å². The Bertz CT molecular complexity index is 709. The number of ketones is 2. The summed E-state index contributed by atoms with van der Waals surface area (Å²) in [5.41, 5.74) is 0.253. The van der Waals surface area contributed by atoms with E-state index in [-0.39, 0.29) is 34.7 Å². The Kier molecular flexibility index (Phi) is 4.07. The van der Waals surface area contributed by atoms with Crippen LogP contribution in [0.15, 0.2) is 23.8 Å². The van der Waals surface area contributed by atoms with E-state index >= 15 is 0 Å². The molecule has 0 unspecified atom stereocenters. The van der Waals surface area contributed by atoms with Crippen LogP contribution in [0.1, 0.15) is 39.5 Å². The molecule has 26 heavy (non-hydrogen) atoms. The van der Waals surface area contributed by atoms with E-state index < -0.39 is 30.1 Å². The van der Waals surface area contributed by atoms with E-state index in [1.165, 1.54) is 0 Å². The van der Waals surface area contributed by atoms with Gasteiger partial charge in [-0.2, -0.15) is 0 Å². The van der Waals surface area contributed by atoms with Gasteiger partial charge in [0.25, 0.3) is 0 Å². The van der Waals surface area contributed by atoms with Gasteiger partial charge in [-0.25, -0.2) is 0 Å². The molecule has 0 aromatic rings. The SMILES string of the molecule is C[C@]12C[C@H](O)[C@H]3[C@@H](CCC4=CC(=O)C=C[C@@]43C)[C@@H]1C[C@@H](O)[C@@H]2C(=O)CO. The Morgan fingerprint density at radius 3 is 2.69 bits per heavy atom. The van der Waals surface area contributed by atoms with Gasteiger partial charge < -0.3 is 15.3 Å². The standard InChI is InChI=1S/C21H28O5/c1-20-6-5-12(23)7-11(20)3-4-13-14-8-15(24)19(17(26)10-22)21(14,2)9-16(25)18(13)20/h5-7,13-16,18-19,22,24-25H,3-4,8-10H2,1-2H3/t13-,14-,15+,16-,18+,19+,20-,21-/m0/s1. The fourth-order valence-electron chi connectivity index (χ4n) is 7.02. The van der Waals surface area contributed by atoms with Crippen LogP contribution in [0.5, 0.6) is 0 Å². The third kappa shape index (κ3) is 2.26. The predicted octanol–water partition coefficient (Wildman–Crippen LogP) is 1.41. The molecule has 3 N–H and O–H groups in total. The minimum Gasteiger partial charge on any atom is -0.393 e. The molecule has 0 radical (unpaired) electrons. The van der Waals surface area contributed by atoms with Gasteiger partial charge in [-0.15, -0.1) is 0 Å². The molecular weight excluding hydrogens is 332 g/mol. The van der Waals surface area contributed by atoms with E-state index in [1.54, 1.807) is 12.2 Å². The maximum absolute atomic E-state index is 12.3. The topological polar surface area (TPSA) is 94.8 Å². The second-order valence-corrected chi connectivity index (χ2v) is 9.21. The van der Waals surface area contributed by atoms with Gasteiger partial charge in [-0.3, -0.25) is 9.59 Å². The summed E-state index contributed by atoms with van der Waals surface area (Å²) in [6.07, 6.45) is 6.56. The van der Waals surface area contributed by atoms with E-state index in [2.05, 4.69) is 6.92 Å². The highest BCUT2D eigenvalue weighted by atomic mass is 16.3. The Labute approximate surface area is 153 Å². The summed E-state index contributed by atoms with van der Waals surface area (Å²) >= 11 is 0. The molecule has 0 bridgehead atoms. The predicted molar refractivity (Wildman–Crippen MR) is 95.0 cm³/mol. The zero-order chi connectivity index (χ0) is 18.9. The summed E-state index contributed by atoms with van der Waals surface area (Å²) in [6, 6.07) is 0. The van der Waals surface area contributed by atoms with E-state index in [4.69, 9.17) is 0 Å². The van der Waals surface area contributed by atoms with Gasteiger partial charge in [0.05, 0.1) is 18.1 Å². The summed E-state index contributed by atoms with van der Waals surface area (Å²) in [7, 11) is 0. The maximum Gasteiger partial charge on any atom is 0.178 e. The average molecular weight is 360 g/mol. The summed E-state index contributed by atoms with van der Waals surface area (Å²) in [4.78, 5) is 24.1.